The smallest absolute Gasteiger partial charge is 0.326 e. The molecule has 0 saturated heterocycles. The van der Waals surface area contributed by atoms with Crippen LogP contribution >= 0.6 is 23.2 Å². The molecule has 1 N–H and O–H groups in total. The molecular weight excluding hydrogens is 447 g/mol. The fraction of sp³-hybridized carbons (Fsp3) is 0.250. The summed E-state index contributed by atoms with van der Waals surface area (Å²) in [6.45, 7) is 1.86. The van der Waals surface area contributed by atoms with Crippen molar-refractivity contribution in [3.8, 4) is 16.9 Å². The number of nitrogens with one attached hydrogen (secondary N) is 1. The van der Waals surface area contributed by atoms with Gasteiger partial charge in [-0.2, -0.15) is 0 Å². The normalized spacial score (nSPS) is 12.7. The molecule has 1 aliphatic rings. The monoisotopic (exact) mass is 470 g/mol. The molecular formula is C24H24Cl2N4O2. The molecule has 3 aromatic rings. The molecule has 4 rings (SSSR count). The van der Waals surface area contributed by atoms with Crippen LogP contribution in [0.5, 0.6) is 5.75 Å². The largest absolute Gasteiger partial charge is 0.491 e. The highest BCUT2D eigenvalue weighted by Gasteiger charge is 2.26. The Labute approximate surface area is 197 Å². The molecule has 1 aliphatic heterocycles. The van der Waals surface area contributed by atoms with Gasteiger partial charge < -0.3 is 15.0 Å². The van der Waals surface area contributed by atoms with Crippen molar-refractivity contribution in [2.24, 2.45) is 0 Å². The van der Waals surface area contributed by atoms with Gasteiger partial charge in [0.25, 0.3) is 0 Å². The zero-order valence-electron chi connectivity index (χ0n) is 17.9. The fourth-order valence-corrected chi connectivity index (χ4v) is 4.13. The summed E-state index contributed by atoms with van der Waals surface area (Å²) < 4.78 is 5.84. The number of fused-ring (bicyclic) bond motifs is 1. The number of halogens is 2. The van der Waals surface area contributed by atoms with Crippen LogP contribution in [0.2, 0.25) is 10.0 Å². The summed E-state index contributed by atoms with van der Waals surface area (Å²) in [5.74, 6) is 0.580. The molecule has 0 saturated carbocycles. The molecule has 32 heavy (non-hydrogen) atoms. The SMILES string of the molecule is CN(C)CCOc1cc2c(cc1Cl)CCN2C(=O)Nc1ccc(-c2ccncc2)c(Cl)c1. The van der Waals surface area contributed by atoms with Crippen molar-refractivity contribution in [2.75, 3.05) is 44.0 Å². The number of carbonyl (C=O) groups is 1. The van der Waals surface area contributed by atoms with E-state index >= 15 is 0 Å². The number of aromatic nitrogens is 1. The van der Waals surface area contributed by atoms with Gasteiger partial charge in [-0.05, 0) is 62.0 Å². The van der Waals surface area contributed by atoms with Crippen molar-refractivity contribution in [3.05, 3.63) is 70.5 Å². The van der Waals surface area contributed by atoms with Gasteiger partial charge in [-0.3, -0.25) is 9.88 Å². The summed E-state index contributed by atoms with van der Waals surface area (Å²) in [6, 6.07) is 12.8. The average Bonchev–Trinajstić information content (AvgIpc) is 3.17. The molecule has 0 spiro atoms. The highest BCUT2D eigenvalue weighted by molar-refractivity contribution is 6.33. The molecule has 0 bridgehead atoms. The fourth-order valence-electron chi connectivity index (χ4n) is 3.60. The lowest BCUT2D eigenvalue weighted by Crippen LogP contribution is -2.33. The number of hydrogen-bond donors (Lipinski definition) is 1. The van der Waals surface area contributed by atoms with E-state index in [1.165, 1.54) is 0 Å². The number of hydrogen-bond acceptors (Lipinski definition) is 4. The van der Waals surface area contributed by atoms with Crippen molar-refractivity contribution >= 4 is 40.6 Å². The van der Waals surface area contributed by atoms with E-state index in [-0.39, 0.29) is 6.03 Å². The molecule has 166 valence electrons. The molecule has 0 fully saturated rings. The zero-order chi connectivity index (χ0) is 22.7. The minimum Gasteiger partial charge on any atom is -0.491 e. The Morgan fingerprint density at radius 2 is 1.91 bits per heavy atom. The number of benzene rings is 2. The third kappa shape index (κ3) is 4.99. The Hall–Kier alpha value is -2.80. The molecule has 8 heteroatoms. The van der Waals surface area contributed by atoms with Crippen molar-refractivity contribution < 1.29 is 9.53 Å². The number of likely N-dealkylation sites (N-methyl/N-ethyl adjacent to an activating group) is 1. The first-order chi connectivity index (χ1) is 15.4. The van der Waals surface area contributed by atoms with Crippen LogP contribution in [0, 0.1) is 0 Å². The Bertz CT molecular complexity index is 1120. The summed E-state index contributed by atoms with van der Waals surface area (Å²) in [5, 5.41) is 4.06. The molecule has 0 atom stereocenters. The van der Waals surface area contributed by atoms with E-state index in [0.29, 0.717) is 34.6 Å². The topological polar surface area (TPSA) is 57.7 Å². The highest BCUT2D eigenvalue weighted by atomic mass is 35.5. The highest BCUT2D eigenvalue weighted by Crippen LogP contribution is 2.38. The lowest BCUT2D eigenvalue weighted by atomic mass is 10.1. The molecule has 1 aromatic heterocycles. The first-order valence-electron chi connectivity index (χ1n) is 10.3. The van der Waals surface area contributed by atoms with Crippen LogP contribution in [0.1, 0.15) is 5.56 Å². The Morgan fingerprint density at radius 3 is 2.62 bits per heavy atom. The number of urea groups is 1. The predicted molar refractivity (Wildman–Crippen MR) is 130 cm³/mol. The van der Waals surface area contributed by atoms with Crippen molar-refractivity contribution in [1.82, 2.24) is 9.88 Å². The van der Waals surface area contributed by atoms with E-state index < -0.39 is 0 Å². The van der Waals surface area contributed by atoms with E-state index in [0.717, 1.165) is 35.3 Å². The number of rotatable bonds is 6. The van der Waals surface area contributed by atoms with Gasteiger partial charge in [-0.15, -0.1) is 0 Å². The second-order valence-corrected chi connectivity index (χ2v) is 8.64. The molecule has 0 aliphatic carbocycles. The van der Waals surface area contributed by atoms with Crippen LogP contribution in [0.25, 0.3) is 11.1 Å². The second kappa shape index (κ2) is 9.77. The molecule has 2 heterocycles. The summed E-state index contributed by atoms with van der Waals surface area (Å²) in [6.07, 6.45) is 4.18. The lowest BCUT2D eigenvalue weighted by Gasteiger charge is -2.20. The van der Waals surface area contributed by atoms with Crippen LogP contribution in [-0.4, -0.2) is 49.7 Å². The average molecular weight is 471 g/mol. The van der Waals surface area contributed by atoms with Crippen molar-refractivity contribution in [3.63, 3.8) is 0 Å². The van der Waals surface area contributed by atoms with E-state index in [9.17, 15) is 4.79 Å². The molecule has 0 radical (unpaired) electrons. The summed E-state index contributed by atoms with van der Waals surface area (Å²) in [4.78, 5) is 20.8. The molecule has 2 aromatic carbocycles. The van der Waals surface area contributed by atoms with Gasteiger partial charge in [0.05, 0.1) is 15.7 Å². The summed E-state index contributed by atoms with van der Waals surface area (Å²) in [7, 11) is 3.96. The Morgan fingerprint density at radius 1 is 1.12 bits per heavy atom. The minimum atomic E-state index is -0.224. The van der Waals surface area contributed by atoms with E-state index in [1.54, 1.807) is 23.4 Å². The van der Waals surface area contributed by atoms with Gasteiger partial charge in [0, 0.05) is 42.8 Å². The van der Waals surface area contributed by atoms with Crippen LogP contribution in [0.3, 0.4) is 0 Å². The van der Waals surface area contributed by atoms with E-state index in [2.05, 4.69) is 10.3 Å². The van der Waals surface area contributed by atoms with Gasteiger partial charge in [-0.1, -0.05) is 29.3 Å². The summed E-state index contributed by atoms with van der Waals surface area (Å²) >= 11 is 12.9. The number of nitrogens with zero attached hydrogens (tertiary/aromatic N) is 3. The molecule has 0 unspecified atom stereocenters. The third-order valence-corrected chi connectivity index (χ3v) is 5.89. The molecule has 2 amide bonds. The predicted octanol–water partition coefficient (Wildman–Crippen LogP) is 5.59. The number of anilines is 2. The van der Waals surface area contributed by atoms with Gasteiger partial charge in [0.2, 0.25) is 0 Å². The Balaban J connectivity index is 1.49. The van der Waals surface area contributed by atoms with Crippen molar-refractivity contribution in [1.29, 1.82) is 0 Å². The number of amides is 2. The van der Waals surface area contributed by atoms with Gasteiger partial charge in [0.15, 0.2) is 0 Å². The van der Waals surface area contributed by atoms with Crippen LogP contribution in [0.15, 0.2) is 54.9 Å². The summed E-state index contributed by atoms with van der Waals surface area (Å²) in [5.41, 5.74) is 4.31. The maximum atomic E-state index is 13.0. The van der Waals surface area contributed by atoms with Gasteiger partial charge in [0.1, 0.15) is 12.4 Å². The Kier molecular flexibility index (Phi) is 6.84. The van der Waals surface area contributed by atoms with Crippen molar-refractivity contribution in [2.45, 2.75) is 6.42 Å². The first kappa shape index (κ1) is 22.4. The zero-order valence-corrected chi connectivity index (χ0v) is 19.5. The van der Waals surface area contributed by atoms with E-state index in [4.69, 9.17) is 27.9 Å². The third-order valence-electron chi connectivity index (χ3n) is 5.28. The maximum Gasteiger partial charge on any atom is 0.326 e. The molecule has 6 nitrogen and oxygen atoms in total. The lowest BCUT2D eigenvalue weighted by molar-refractivity contribution is 0.257. The quantitative estimate of drug-likeness (QED) is 0.509. The first-order valence-corrected chi connectivity index (χ1v) is 11.1. The maximum absolute atomic E-state index is 13.0. The minimum absolute atomic E-state index is 0.224. The van der Waals surface area contributed by atoms with Crippen LogP contribution in [-0.2, 0) is 6.42 Å². The number of carbonyl (C=O) groups excluding carboxylic acids is 1. The van der Waals surface area contributed by atoms with E-state index in [1.807, 2.05) is 55.4 Å². The van der Waals surface area contributed by atoms with Gasteiger partial charge in [-0.25, -0.2) is 4.79 Å². The van der Waals surface area contributed by atoms with Gasteiger partial charge >= 0.3 is 6.03 Å². The standard InChI is InChI=1S/C24H24Cl2N4O2/c1-29(2)11-12-32-23-15-22-17(13-21(23)26)7-10-30(22)24(31)28-18-3-4-19(20(25)14-18)16-5-8-27-9-6-16/h3-6,8-9,13-15H,7,10-12H2,1-2H3,(H,28,31). The number of pyridine rings is 1. The van der Waals surface area contributed by atoms with Crippen LogP contribution in [0.4, 0.5) is 16.2 Å². The second-order valence-electron chi connectivity index (χ2n) is 7.83. The number of ether oxygens (including phenoxy) is 1. The van der Waals surface area contributed by atoms with Crippen LogP contribution < -0.4 is 15.0 Å².